The van der Waals surface area contributed by atoms with Gasteiger partial charge in [0.05, 0.1) is 0 Å². The van der Waals surface area contributed by atoms with Crippen LogP contribution in [0.4, 0.5) is 0 Å². The summed E-state index contributed by atoms with van der Waals surface area (Å²) in [6.45, 7) is 4.65. The zero-order valence-electron chi connectivity index (χ0n) is 15.7. The van der Waals surface area contributed by atoms with Gasteiger partial charge in [-0.25, -0.2) is 0 Å². The SMILES string of the molecule is C[C](c1ccc(C)s1)=[Hf]([c]1cccc2c1Cc1ccccc1-2)[CH]1C=CC=C1. The number of thiophene rings is 1. The van der Waals surface area contributed by atoms with Gasteiger partial charge in [-0.3, -0.25) is 0 Å². The van der Waals surface area contributed by atoms with Gasteiger partial charge < -0.3 is 0 Å². The Morgan fingerprint density at radius 2 is 1.70 bits per heavy atom. The summed E-state index contributed by atoms with van der Waals surface area (Å²) in [7, 11) is 0. The molecule has 0 spiro atoms. The molecule has 0 saturated carbocycles. The average Bonchev–Trinajstić information content (AvgIpc) is 3.41. The van der Waals surface area contributed by atoms with Crippen molar-refractivity contribution in [3.8, 4) is 11.1 Å². The van der Waals surface area contributed by atoms with Gasteiger partial charge in [-0.15, -0.1) is 0 Å². The van der Waals surface area contributed by atoms with Gasteiger partial charge in [-0.2, -0.15) is 0 Å². The first-order valence-electron chi connectivity index (χ1n) is 9.55. The van der Waals surface area contributed by atoms with Crippen molar-refractivity contribution in [2.45, 2.75) is 23.9 Å². The normalized spacial score (nSPS) is 15.8. The Bertz CT molecular complexity index is 1110. The van der Waals surface area contributed by atoms with E-state index in [9.17, 15) is 0 Å². The summed E-state index contributed by atoms with van der Waals surface area (Å²) in [5.74, 6) is 0. The second-order valence-corrected chi connectivity index (χ2v) is 18.7. The Labute approximate surface area is 172 Å². The van der Waals surface area contributed by atoms with Crippen molar-refractivity contribution in [3.63, 3.8) is 0 Å². The van der Waals surface area contributed by atoms with Crippen LogP contribution in [0, 0.1) is 6.92 Å². The van der Waals surface area contributed by atoms with Crippen LogP contribution in [0.15, 0.2) is 78.9 Å². The molecule has 0 aliphatic heterocycles. The molecule has 0 atom stereocenters. The summed E-state index contributed by atoms with van der Waals surface area (Å²) in [4.78, 5) is 2.93. The molecule has 27 heavy (non-hydrogen) atoms. The molecule has 0 radical (unpaired) electrons. The van der Waals surface area contributed by atoms with Crippen LogP contribution in [0.3, 0.4) is 0 Å². The zero-order chi connectivity index (χ0) is 18.4. The summed E-state index contributed by atoms with van der Waals surface area (Å²) in [6, 6.07) is 20.7. The summed E-state index contributed by atoms with van der Waals surface area (Å²) in [5.41, 5.74) is 6.03. The predicted octanol–water partition coefficient (Wildman–Crippen LogP) is 6.03. The molecule has 0 bridgehead atoms. The molecule has 5 rings (SSSR count). The Morgan fingerprint density at radius 1 is 0.926 bits per heavy atom. The first-order valence-corrected chi connectivity index (χ1v) is 16.0. The maximum absolute atomic E-state index is 2.46. The van der Waals surface area contributed by atoms with E-state index < -0.39 is 21.0 Å². The van der Waals surface area contributed by atoms with E-state index in [1.165, 1.54) is 26.4 Å². The van der Waals surface area contributed by atoms with E-state index in [1.807, 2.05) is 11.3 Å². The predicted molar refractivity (Wildman–Crippen MR) is 115 cm³/mol. The zero-order valence-corrected chi connectivity index (χ0v) is 20.1. The molecule has 0 N–H and O–H groups in total. The molecule has 0 amide bonds. The molecule has 2 heteroatoms. The summed E-state index contributed by atoms with van der Waals surface area (Å²) >= 11 is -0.350. The minimum absolute atomic E-state index is 0.646. The van der Waals surface area contributed by atoms with Crippen molar-refractivity contribution in [1.82, 2.24) is 0 Å². The molecular weight excluding hydrogens is 511 g/mol. The first kappa shape index (κ1) is 17.5. The van der Waals surface area contributed by atoms with Gasteiger partial charge in [0.2, 0.25) is 0 Å². The number of aryl methyl sites for hydroxylation is 1. The number of rotatable bonds is 3. The number of hydrogen-bond acceptors (Lipinski definition) is 1. The van der Waals surface area contributed by atoms with E-state index in [0.29, 0.717) is 3.67 Å². The van der Waals surface area contributed by atoms with E-state index in [0.717, 1.165) is 6.42 Å². The third-order valence-corrected chi connectivity index (χ3v) is 18.9. The van der Waals surface area contributed by atoms with Crippen LogP contribution in [0.2, 0.25) is 3.67 Å². The van der Waals surface area contributed by atoms with Gasteiger partial charge in [0.15, 0.2) is 0 Å². The van der Waals surface area contributed by atoms with Gasteiger partial charge in [0, 0.05) is 0 Å². The van der Waals surface area contributed by atoms with Gasteiger partial charge >= 0.3 is 174 Å². The van der Waals surface area contributed by atoms with Crippen LogP contribution < -0.4 is 3.32 Å². The molecule has 2 aliphatic rings. The van der Waals surface area contributed by atoms with Crippen LogP contribution in [0.1, 0.15) is 27.8 Å². The van der Waals surface area contributed by atoms with E-state index >= 15 is 0 Å². The fourth-order valence-electron chi connectivity index (χ4n) is 4.43. The quantitative estimate of drug-likeness (QED) is 0.283. The fraction of sp³-hybridized carbons (Fsp3) is 0.160. The second-order valence-electron chi connectivity index (χ2n) is 7.41. The Hall–Kier alpha value is -1.64. The topological polar surface area (TPSA) is 0 Å². The van der Waals surface area contributed by atoms with Crippen molar-refractivity contribution >= 4 is 17.9 Å². The Morgan fingerprint density at radius 3 is 2.48 bits per heavy atom. The number of fused-ring (bicyclic) bond motifs is 3. The standard InChI is InChI=1S/C13H9.C7H8S.C5H5.Hf/c1-3-7-12-10(5-1)9-11-6-2-4-8-13(11)12;1-3-7-5-4-6(2)8-7;1-2-4-5-3-1;/h1-5,7-8H,9H2;4-5H,1-2H3;1-5H;. The fourth-order valence-corrected chi connectivity index (χ4v) is 17.6. The monoisotopic (exact) mass is 534 g/mol. The van der Waals surface area contributed by atoms with E-state index in [-0.39, 0.29) is 0 Å². The van der Waals surface area contributed by atoms with Gasteiger partial charge in [0.1, 0.15) is 0 Å². The van der Waals surface area contributed by atoms with Gasteiger partial charge in [-0.05, 0) is 0 Å². The summed E-state index contributed by atoms with van der Waals surface area (Å²) in [6.07, 6.45) is 10.5. The van der Waals surface area contributed by atoms with Crippen molar-refractivity contribution in [1.29, 1.82) is 0 Å². The van der Waals surface area contributed by atoms with Crippen LogP contribution in [-0.4, -0.2) is 3.26 Å². The minimum atomic E-state index is -2.32. The molecule has 3 aromatic rings. The van der Waals surface area contributed by atoms with Crippen LogP contribution in [0.25, 0.3) is 11.1 Å². The van der Waals surface area contributed by atoms with Crippen molar-refractivity contribution in [3.05, 3.63) is 99.8 Å². The van der Waals surface area contributed by atoms with Crippen LogP contribution in [-0.2, 0) is 27.4 Å². The molecule has 0 fully saturated rings. The number of allylic oxidation sites excluding steroid dienone is 4. The van der Waals surface area contributed by atoms with E-state index in [2.05, 4.69) is 92.7 Å². The van der Waals surface area contributed by atoms with E-state index in [1.54, 1.807) is 12.1 Å². The molecular formula is C25H22HfS. The second kappa shape index (κ2) is 7.07. The van der Waals surface area contributed by atoms with Crippen LogP contribution in [0.5, 0.6) is 0 Å². The Kier molecular flexibility index (Phi) is 4.57. The summed E-state index contributed by atoms with van der Waals surface area (Å²) < 4.78 is 4.05. The van der Waals surface area contributed by atoms with Crippen LogP contribution >= 0.6 is 11.3 Å². The average molecular weight is 533 g/mol. The molecule has 2 aliphatic carbocycles. The van der Waals surface area contributed by atoms with Gasteiger partial charge in [-0.1, -0.05) is 0 Å². The summed E-state index contributed by atoms with van der Waals surface area (Å²) in [5, 5.41) is 0. The Balaban J connectivity index is 1.73. The van der Waals surface area contributed by atoms with Crippen molar-refractivity contribution < 1.29 is 21.0 Å². The third kappa shape index (κ3) is 3.03. The molecule has 2 aromatic carbocycles. The third-order valence-electron chi connectivity index (χ3n) is 5.74. The first-order chi connectivity index (χ1) is 13.2. The van der Waals surface area contributed by atoms with Crippen molar-refractivity contribution in [2.24, 2.45) is 0 Å². The molecule has 0 nitrogen and oxygen atoms in total. The molecule has 1 heterocycles. The molecule has 132 valence electrons. The molecule has 0 unspecified atom stereocenters. The number of benzene rings is 2. The molecule has 0 saturated heterocycles. The molecule has 1 aromatic heterocycles. The van der Waals surface area contributed by atoms with Gasteiger partial charge in [0.25, 0.3) is 0 Å². The van der Waals surface area contributed by atoms with E-state index in [4.69, 9.17) is 0 Å². The maximum atomic E-state index is 2.46. The van der Waals surface area contributed by atoms with Crippen molar-refractivity contribution in [2.75, 3.05) is 0 Å². The number of hydrogen-bond donors (Lipinski definition) is 0.